The number of carbonyl (C=O) groups is 2. The van der Waals surface area contributed by atoms with E-state index in [0.29, 0.717) is 22.4 Å². The van der Waals surface area contributed by atoms with Crippen LogP contribution in [0.5, 0.6) is 0 Å². The molecule has 2 amide bonds. The van der Waals surface area contributed by atoms with E-state index in [9.17, 15) is 22.8 Å². The predicted octanol–water partition coefficient (Wildman–Crippen LogP) is 5.85. The minimum absolute atomic E-state index is 0.0641. The molecule has 6 nitrogen and oxygen atoms in total. The Morgan fingerprint density at radius 2 is 1.61 bits per heavy atom. The number of hydrogen-bond acceptors (Lipinski definition) is 4. The lowest BCUT2D eigenvalue weighted by Gasteiger charge is -2.13. The molecule has 0 saturated heterocycles. The molecular formula is C21H16ClF3N4O2. The summed E-state index contributed by atoms with van der Waals surface area (Å²) < 4.78 is 38.8. The molecule has 3 rings (SSSR count). The van der Waals surface area contributed by atoms with Crippen LogP contribution in [0.3, 0.4) is 0 Å². The first kappa shape index (κ1) is 22.1. The Morgan fingerprint density at radius 1 is 1.00 bits per heavy atom. The van der Waals surface area contributed by atoms with Crippen molar-refractivity contribution in [3.63, 3.8) is 0 Å². The summed E-state index contributed by atoms with van der Waals surface area (Å²) in [5.74, 6) is 0.0891. The largest absolute Gasteiger partial charge is 0.417 e. The number of nitrogens with two attached hydrogens (primary N) is 1. The summed E-state index contributed by atoms with van der Waals surface area (Å²) in [4.78, 5) is 27.7. The summed E-state index contributed by atoms with van der Waals surface area (Å²) in [6.45, 7) is 1.42. The van der Waals surface area contributed by atoms with E-state index in [-0.39, 0.29) is 17.3 Å². The molecule has 0 aliphatic rings. The average molecular weight is 449 g/mol. The van der Waals surface area contributed by atoms with Crippen LogP contribution in [0, 0.1) is 0 Å². The van der Waals surface area contributed by atoms with Gasteiger partial charge >= 0.3 is 12.2 Å². The van der Waals surface area contributed by atoms with Crippen molar-refractivity contribution in [3.8, 4) is 11.1 Å². The SMILES string of the molecule is CC(=O)c1cnc(N)c(-c2ccc(NC(=O)Nc3ccc(Cl)c(C(F)(F)F)c3)cc2)c1. The maximum Gasteiger partial charge on any atom is 0.417 e. The minimum Gasteiger partial charge on any atom is -0.383 e. The molecule has 1 aromatic heterocycles. The molecule has 0 saturated carbocycles. The molecule has 160 valence electrons. The number of nitrogens with zero attached hydrogens (tertiary/aromatic N) is 1. The van der Waals surface area contributed by atoms with Gasteiger partial charge in [-0.15, -0.1) is 0 Å². The Bertz CT molecular complexity index is 1150. The number of urea groups is 1. The summed E-state index contributed by atoms with van der Waals surface area (Å²) in [6.07, 6.45) is -3.25. The molecule has 0 aliphatic heterocycles. The van der Waals surface area contributed by atoms with E-state index in [4.69, 9.17) is 17.3 Å². The van der Waals surface area contributed by atoms with Crippen molar-refractivity contribution < 1.29 is 22.8 Å². The molecule has 0 radical (unpaired) electrons. The summed E-state index contributed by atoms with van der Waals surface area (Å²) in [5.41, 5.74) is 6.81. The summed E-state index contributed by atoms with van der Waals surface area (Å²) in [7, 11) is 0. The fourth-order valence-corrected chi connectivity index (χ4v) is 2.97. The van der Waals surface area contributed by atoms with Crippen molar-refractivity contribution in [3.05, 3.63) is 70.9 Å². The lowest BCUT2D eigenvalue weighted by atomic mass is 10.0. The molecule has 4 N–H and O–H groups in total. The second-order valence-corrected chi connectivity index (χ2v) is 6.97. The van der Waals surface area contributed by atoms with Crippen LogP contribution >= 0.6 is 11.6 Å². The Hall–Kier alpha value is -3.59. The molecule has 10 heteroatoms. The van der Waals surface area contributed by atoms with Gasteiger partial charge in [0.05, 0.1) is 10.6 Å². The maximum atomic E-state index is 12.9. The molecule has 0 atom stereocenters. The Morgan fingerprint density at radius 3 is 2.23 bits per heavy atom. The van der Waals surface area contributed by atoms with E-state index in [0.717, 1.165) is 12.1 Å². The molecular weight excluding hydrogens is 433 g/mol. The van der Waals surface area contributed by atoms with Gasteiger partial charge in [-0.25, -0.2) is 9.78 Å². The van der Waals surface area contributed by atoms with Gasteiger partial charge in [0, 0.05) is 28.7 Å². The van der Waals surface area contributed by atoms with E-state index in [1.165, 1.54) is 19.2 Å². The Labute approximate surface area is 180 Å². The summed E-state index contributed by atoms with van der Waals surface area (Å²) in [5, 5.41) is 4.39. The van der Waals surface area contributed by atoms with Crippen molar-refractivity contribution in [2.75, 3.05) is 16.4 Å². The first-order chi connectivity index (χ1) is 14.5. The molecule has 3 aromatic rings. The van der Waals surface area contributed by atoms with Gasteiger partial charge in [0.25, 0.3) is 0 Å². The quantitative estimate of drug-likeness (QED) is 0.436. The number of carbonyl (C=O) groups excluding carboxylic acids is 2. The van der Waals surface area contributed by atoms with Crippen LogP contribution in [0.25, 0.3) is 11.1 Å². The van der Waals surface area contributed by atoms with Gasteiger partial charge in [-0.1, -0.05) is 23.7 Å². The highest BCUT2D eigenvalue weighted by atomic mass is 35.5. The van der Waals surface area contributed by atoms with E-state index in [2.05, 4.69) is 15.6 Å². The number of nitrogens with one attached hydrogen (secondary N) is 2. The van der Waals surface area contributed by atoms with Gasteiger partial charge in [0.2, 0.25) is 0 Å². The molecule has 0 fully saturated rings. The summed E-state index contributed by atoms with van der Waals surface area (Å²) in [6, 6.07) is 10.5. The zero-order valence-electron chi connectivity index (χ0n) is 16.0. The molecule has 2 aromatic carbocycles. The number of alkyl halides is 3. The second-order valence-electron chi connectivity index (χ2n) is 6.56. The van der Waals surface area contributed by atoms with Gasteiger partial charge in [0.15, 0.2) is 5.78 Å². The van der Waals surface area contributed by atoms with Gasteiger partial charge in [-0.2, -0.15) is 13.2 Å². The number of pyridine rings is 1. The molecule has 31 heavy (non-hydrogen) atoms. The van der Waals surface area contributed by atoms with Gasteiger partial charge in [-0.3, -0.25) is 4.79 Å². The van der Waals surface area contributed by atoms with E-state index >= 15 is 0 Å². The number of anilines is 3. The lowest BCUT2D eigenvalue weighted by molar-refractivity contribution is -0.137. The average Bonchev–Trinajstić information content (AvgIpc) is 2.69. The molecule has 0 spiro atoms. The highest BCUT2D eigenvalue weighted by Crippen LogP contribution is 2.36. The van der Waals surface area contributed by atoms with Crippen LogP contribution in [0.15, 0.2) is 54.7 Å². The highest BCUT2D eigenvalue weighted by molar-refractivity contribution is 6.31. The highest BCUT2D eigenvalue weighted by Gasteiger charge is 2.33. The number of ketones is 1. The first-order valence-electron chi connectivity index (χ1n) is 8.86. The number of hydrogen-bond donors (Lipinski definition) is 3. The van der Waals surface area contributed by atoms with Gasteiger partial charge < -0.3 is 16.4 Å². The number of rotatable bonds is 4. The number of amides is 2. The predicted molar refractivity (Wildman–Crippen MR) is 113 cm³/mol. The van der Waals surface area contributed by atoms with Crippen LogP contribution in [0.4, 0.5) is 35.2 Å². The zero-order valence-corrected chi connectivity index (χ0v) is 16.8. The standard InChI is InChI=1S/C21H16ClF3N4O2/c1-11(30)13-8-16(19(26)27-10-13)12-2-4-14(5-3-12)28-20(31)29-15-6-7-18(22)17(9-15)21(23,24)25/h2-10H,1H3,(H2,26,27)(H2,28,29,31). The van der Waals surface area contributed by atoms with Crippen LogP contribution < -0.4 is 16.4 Å². The number of nitrogen functional groups attached to an aromatic ring is 1. The third-order valence-electron chi connectivity index (χ3n) is 4.31. The number of halogens is 4. The third-order valence-corrected chi connectivity index (χ3v) is 4.64. The van der Waals surface area contributed by atoms with E-state index in [1.807, 2.05) is 0 Å². The van der Waals surface area contributed by atoms with Crippen molar-refractivity contribution in [2.24, 2.45) is 0 Å². The normalized spacial score (nSPS) is 11.1. The second kappa shape index (κ2) is 8.65. The topological polar surface area (TPSA) is 97.1 Å². The van der Waals surface area contributed by atoms with Crippen molar-refractivity contribution >= 4 is 40.6 Å². The summed E-state index contributed by atoms with van der Waals surface area (Å²) >= 11 is 5.57. The molecule has 0 aliphatic carbocycles. The Kier molecular flexibility index (Phi) is 6.16. The smallest absolute Gasteiger partial charge is 0.383 e. The van der Waals surface area contributed by atoms with Crippen LogP contribution in [-0.4, -0.2) is 16.8 Å². The fourth-order valence-electron chi connectivity index (χ4n) is 2.75. The van der Waals surface area contributed by atoms with Crippen LogP contribution in [-0.2, 0) is 6.18 Å². The molecule has 0 bridgehead atoms. The molecule has 1 heterocycles. The van der Waals surface area contributed by atoms with Crippen molar-refractivity contribution in [2.45, 2.75) is 13.1 Å². The third kappa shape index (κ3) is 5.32. The molecule has 0 unspecified atom stereocenters. The zero-order chi connectivity index (χ0) is 22.8. The van der Waals surface area contributed by atoms with E-state index < -0.39 is 22.8 Å². The van der Waals surface area contributed by atoms with Crippen LogP contribution in [0.1, 0.15) is 22.8 Å². The fraction of sp³-hybridized carbons (Fsp3) is 0.0952. The van der Waals surface area contributed by atoms with E-state index in [1.54, 1.807) is 30.3 Å². The first-order valence-corrected chi connectivity index (χ1v) is 9.24. The van der Waals surface area contributed by atoms with Gasteiger partial charge in [0.1, 0.15) is 5.82 Å². The lowest BCUT2D eigenvalue weighted by Crippen LogP contribution is -2.19. The monoisotopic (exact) mass is 448 g/mol. The maximum absolute atomic E-state index is 12.9. The van der Waals surface area contributed by atoms with Crippen LogP contribution in [0.2, 0.25) is 5.02 Å². The minimum atomic E-state index is -4.64. The number of benzene rings is 2. The number of Topliss-reactive ketones (excluding diaryl/α,β-unsaturated/α-hetero) is 1. The van der Waals surface area contributed by atoms with Gasteiger partial charge in [-0.05, 0) is 48.9 Å². The Balaban J connectivity index is 1.73. The number of aromatic nitrogens is 1. The van der Waals surface area contributed by atoms with Crippen molar-refractivity contribution in [1.29, 1.82) is 0 Å². The van der Waals surface area contributed by atoms with Crippen molar-refractivity contribution in [1.82, 2.24) is 4.98 Å².